The molecule has 1 aliphatic carbocycles. The number of fused-ring (bicyclic) bond motifs is 1. The monoisotopic (exact) mass is 441 g/mol. The van der Waals surface area contributed by atoms with Crippen LogP contribution in [0.1, 0.15) is 25.7 Å². The lowest BCUT2D eigenvalue weighted by molar-refractivity contribution is 0.324. The van der Waals surface area contributed by atoms with Crippen molar-refractivity contribution in [1.29, 1.82) is 0 Å². The van der Waals surface area contributed by atoms with Crippen LogP contribution in [-0.2, 0) is 18.8 Å². The molecule has 1 saturated heterocycles. The normalized spacial score (nSPS) is 21.9. The second-order valence-electron chi connectivity index (χ2n) is 9.02. The number of anilines is 1. The minimum atomic E-state index is 0.261. The van der Waals surface area contributed by atoms with Crippen molar-refractivity contribution in [1.82, 2.24) is 29.5 Å². The first-order chi connectivity index (χ1) is 16.1. The third kappa shape index (κ3) is 4.02. The number of hydrogen-bond donors (Lipinski definition) is 1. The Morgan fingerprint density at radius 3 is 2.45 bits per heavy atom. The van der Waals surface area contributed by atoms with E-state index in [1.807, 2.05) is 55.8 Å². The van der Waals surface area contributed by atoms with Crippen LogP contribution in [0.4, 0.5) is 5.82 Å². The Hall–Kier alpha value is -3.52. The van der Waals surface area contributed by atoms with Gasteiger partial charge in [-0.25, -0.2) is 9.97 Å². The van der Waals surface area contributed by atoms with Crippen molar-refractivity contribution < 1.29 is 4.74 Å². The maximum absolute atomic E-state index is 5.94. The van der Waals surface area contributed by atoms with Crippen LogP contribution in [0.2, 0.25) is 0 Å². The highest BCUT2D eigenvalue weighted by molar-refractivity contribution is 5.76. The molecule has 0 amide bonds. The van der Waals surface area contributed by atoms with Crippen LogP contribution in [-0.4, -0.2) is 47.8 Å². The molecule has 3 aromatic heterocycles. The van der Waals surface area contributed by atoms with Crippen molar-refractivity contribution in [3.63, 3.8) is 0 Å². The summed E-state index contributed by atoms with van der Waals surface area (Å²) >= 11 is 0. The van der Waals surface area contributed by atoms with E-state index in [0.717, 1.165) is 46.5 Å². The number of nitrogens with zero attached hydrogens (tertiary/aromatic N) is 6. The summed E-state index contributed by atoms with van der Waals surface area (Å²) in [6.07, 6.45) is 15.0. The van der Waals surface area contributed by atoms with Crippen molar-refractivity contribution in [3.8, 4) is 33.6 Å². The molecular formula is C25H27N7O. The van der Waals surface area contributed by atoms with Gasteiger partial charge >= 0.3 is 0 Å². The second kappa shape index (κ2) is 8.12. The Bertz CT molecular complexity index is 1290. The third-order valence-electron chi connectivity index (χ3n) is 6.56. The van der Waals surface area contributed by atoms with E-state index in [9.17, 15) is 0 Å². The van der Waals surface area contributed by atoms with Gasteiger partial charge in [-0.3, -0.25) is 9.36 Å². The van der Waals surface area contributed by atoms with Crippen molar-refractivity contribution >= 4 is 5.82 Å². The van der Waals surface area contributed by atoms with Gasteiger partial charge in [0.15, 0.2) is 5.82 Å². The molecule has 1 aliphatic heterocycles. The zero-order valence-electron chi connectivity index (χ0n) is 18.8. The van der Waals surface area contributed by atoms with E-state index in [0.29, 0.717) is 11.9 Å². The zero-order valence-corrected chi connectivity index (χ0v) is 18.8. The van der Waals surface area contributed by atoms with Gasteiger partial charge in [-0.2, -0.15) is 10.2 Å². The Balaban J connectivity index is 1.38. The number of rotatable bonds is 5. The molecule has 3 atom stereocenters. The molecule has 168 valence electrons. The highest BCUT2D eigenvalue weighted by Gasteiger charge is 2.45. The number of aryl methyl sites for hydroxylation is 2. The van der Waals surface area contributed by atoms with Gasteiger partial charge in [-0.1, -0.05) is 31.0 Å². The first-order valence-corrected chi connectivity index (χ1v) is 11.5. The van der Waals surface area contributed by atoms with Crippen LogP contribution in [0.5, 0.6) is 0 Å². The van der Waals surface area contributed by atoms with E-state index in [2.05, 4.69) is 33.7 Å². The molecule has 0 spiro atoms. The van der Waals surface area contributed by atoms with E-state index in [1.54, 1.807) is 4.68 Å². The lowest BCUT2D eigenvalue weighted by Crippen LogP contribution is -2.27. The molecule has 4 heterocycles. The maximum Gasteiger partial charge on any atom is 0.161 e. The predicted octanol–water partition coefficient (Wildman–Crippen LogP) is 4.07. The lowest BCUT2D eigenvalue weighted by atomic mass is 10.1. The number of ether oxygens (including phenoxy) is 1. The van der Waals surface area contributed by atoms with Gasteiger partial charge < -0.3 is 10.1 Å². The molecule has 1 N–H and O–H groups in total. The van der Waals surface area contributed by atoms with Gasteiger partial charge in [0.25, 0.3) is 0 Å². The van der Waals surface area contributed by atoms with Crippen molar-refractivity contribution in [2.75, 3.05) is 5.32 Å². The average molecular weight is 442 g/mol. The average Bonchev–Trinajstić information content (AvgIpc) is 3.32. The van der Waals surface area contributed by atoms with E-state index in [-0.39, 0.29) is 12.1 Å². The smallest absolute Gasteiger partial charge is 0.161 e. The number of aromatic nitrogens is 6. The Morgan fingerprint density at radius 2 is 1.67 bits per heavy atom. The molecule has 0 radical (unpaired) electrons. The molecule has 8 nitrogen and oxygen atoms in total. The molecule has 8 heteroatoms. The minimum Gasteiger partial charge on any atom is -0.367 e. The summed E-state index contributed by atoms with van der Waals surface area (Å²) in [5.74, 6) is 1.53. The highest BCUT2D eigenvalue weighted by atomic mass is 16.6. The van der Waals surface area contributed by atoms with Crippen LogP contribution in [0.15, 0.2) is 55.2 Å². The summed E-state index contributed by atoms with van der Waals surface area (Å²) in [5.41, 5.74) is 5.08. The van der Waals surface area contributed by atoms with Crippen molar-refractivity contribution in [2.45, 2.75) is 43.9 Å². The number of epoxide rings is 1. The zero-order chi connectivity index (χ0) is 22.4. The molecule has 33 heavy (non-hydrogen) atoms. The van der Waals surface area contributed by atoms with E-state index in [1.165, 1.54) is 12.8 Å². The van der Waals surface area contributed by atoms with Crippen LogP contribution in [0.25, 0.3) is 33.6 Å². The minimum absolute atomic E-state index is 0.261. The standard InChI is InChI=1S/C25H27N7O/c1-31-14-18(11-27-31)16-6-5-7-17(10-16)24-26-13-20(19-12-28-32(2)15-19)25(30-24)29-21-8-3-4-9-22-23(21)33-22/h5-7,10-15,21-23H,3-4,8-9H2,1-2H3,(H,26,29,30)/t21?,22-,23+/m1/s1. The van der Waals surface area contributed by atoms with Crippen LogP contribution in [0.3, 0.4) is 0 Å². The van der Waals surface area contributed by atoms with Crippen LogP contribution in [0, 0.1) is 0 Å². The second-order valence-corrected chi connectivity index (χ2v) is 9.02. The molecule has 6 rings (SSSR count). The van der Waals surface area contributed by atoms with Crippen LogP contribution < -0.4 is 5.32 Å². The van der Waals surface area contributed by atoms with Crippen LogP contribution >= 0.6 is 0 Å². The lowest BCUT2D eigenvalue weighted by Gasteiger charge is -2.19. The molecule has 1 unspecified atom stereocenters. The van der Waals surface area contributed by atoms with E-state index < -0.39 is 0 Å². The van der Waals surface area contributed by atoms with Gasteiger partial charge in [0.1, 0.15) is 11.9 Å². The molecule has 2 fully saturated rings. The topological polar surface area (TPSA) is 86.0 Å². The number of benzene rings is 1. The molecular weight excluding hydrogens is 414 g/mol. The van der Waals surface area contributed by atoms with E-state index >= 15 is 0 Å². The first kappa shape index (κ1) is 20.1. The highest BCUT2D eigenvalue weighted by Crippen LogP contribution is 2.38. The fraction of sp³-hybridized carbons (Fsp3) is 0.360. The van der Waals surface area contributed by atoms with Crippen molar-refractivity contribution in [2.24, 2.45) is 14.1 Å². The molecule has 1 saturated carbocycles. The summed E-state index contributed by atoms with van der Waals surface area (Å²) < 4.78 is 9.55. The summed E-state index contributed by atoms with van der Waals surface area (Å²) in [5, 5.41) is 12.4. The molecule has 1 aromatic carbocycles. The van der Waals surface area contributed by atoms with Gasteiger partial charge in [-0.05, 0) is 24.5 Å². The number of nitrogens with one attached hydrogen (secondary N) is 1. The summed E-state index contributed by atoms with van der Waals surface area (Å²) in [4.78, 5) is 9.75. The largest absolute Gasteiger partial charge is 0.367 e. The fourth-order valence-corrected chi connectivity index (χ4v) is 4.76. The Labute approximate surface area is 192 Å². The number of hydrogen-bond acceptors (Lipinski definition) is 6. The van der Waals surface area contributed by atoms with Gasteiger partial charge in [0.2, 0.25) is 0 Å². The molecule has 0 bridgehead atoms. The van der Waals surface area contributed by atoms with Gasteiger partial charge in [-0.15, -0.1) is 0 Å². The molecule has 4 aromatic rings. The summed E-state index contributed by atoms with van der Waals surface area (Å²) in [6.45, 7) is 0. The summed E-state index contributed by atoms with van der Waals surface area (Å²) in [6, 6.07) is 8.55. The fourth-order valence-electron chi connectivity index (χ4n) is 4.76. The van der Waals surface area contributed by atoms with Gasteiger partial charge in [0, 0.05) is 54.9 Å². The van der Waals surface area contributed by atoms with Crippen molar-refractivity contribution in [3.05, 3.63) is 55.2 Å². The third-order valence-corrected chi connectivity index (χ3v) is 6.56. The maximum atomic E-state index is 5.94. The van der Waals surface area contributed by atoms with E-state index in [4.69, 9.17) is 14.7 Å². The van der Waals surface area contributed by atoms with Gasteiger partial charge in [0.05, 0.1) is 24.5 Å². The summed E-state index contributed by atoms with van der Waals surface area (Å²) in [7, 11) is 3.84. The SMILES string of the molecule is Cn1cc(-c2cccc(-c3ncc(-c4cnn(C)c4)c(NC4CCCC[C@H]5O[C@@H]45)n3)c2)cn1. The Morgan fingerprint density at radius 1 is 0.909 bits per heavy atom. The molecule has 2 aliphatic rings. The quantitative estimate of drug-likeness (QED) is 0.470. The Kier molecular flexibility index (Phi) is 4.95. The predicted molar refractivity (Wildman–Crippen MR) is 126 cm³/mol. The first-order valence-electron chi connectivity index (χ1n) is 11.5.